The van der Waals surface area contributed by atoms with E-state index in [1.54, 1.807) is 30.3 Å². The lowest BCUT2D eigenvalue weighted by Crippen LogP contribution is -2.26. The van der Waals surface area contributed by atoms with Crippen LogP contribution in [0.2, 0.25) is 0 Å². The van der Waals surface area contributed by atoms with Gasteiger partial charge in [-0.3, -0.25) is 4.72 Å². The highest BCUT2D eigenvalue weighted by Crippen LogP contribution is 2.35. The molecule has 0 amide bonds. The number of nitrogens with one attached hydrogen (secondary N) is 1. The third kappa shape index (κ3) is 4.64. The average molecular weight is 411 g/mol. The third-order valence-electron chi connectivity index (χ3n) is 3.94. The molecule has 144 valence electrons. The Bertz CT molecular complexity index is 1110. The summed E-state index contributed by atoms with van der Waals surface area (Å²) in [7, 11) is -7.13. The van der Waals surface area contributed by atoms with E-state index < -0.39 is 31.9 Å². The molecule has 2 aromatic carbocycles. The minimum absolute atomic E-state index is 0.235. The molecule has 10 heteroatoms. The number of hydrogen-bond acceptors (Lipinski definition) is 5. The number of sulfonamides is 2. The first-order valence-corrected chi connectivity index (χ1v) is 11.7. The van der Waals surface area contributed by atoms with Crippen molar-refractivity contribution in [2.75, 3.05) is 17.2 Å². The molecule has 0 unspecified atom stereocenters. The van der Waals surface area contributed by atoms with Gasteiger partial charge in [0.2, 0.25) is 20.0 Å². The first-order chi connectivity index (χ1) is 12.5. The molecule has 0 saturated heterocycles. The zero-order valence-corrected chi connectivity index (χ0v) is 16.3. The van der Waals surface area contributed by atoms with Gasteiger partial charge in [0.15, 0.2) is 0 Å². The van der Waals surface area contributed by atoms with Gasteiger partial charge in [-0.2, -0.15) is 9.52 Å². The molecule has 1 heterocycles. The van der Waals surface area contributed by atoms with Crippen molar-refractivity contribution in [3.05, 3.63) is 65.5 Å². The van der Waals surface area contributed by atoms with Crippen LogP contribution in [0.4, 0.5) is 10.1 Å². The Balaban J connectivity index is 1.99. The van der Waals surface area contributed by atoms with E-state index >= 15 is 0 Å². The van der Waals surface area contributed by atoms with Crippen molar-refractivity contribution in [3.8, 4) is 0 Å². The van der Waals surface area contributed by atoms with Gasteiger partial charge in [-0.25, -0.2) is 21.2 Å². The van der Waals surface area contributed by atoms with Gasteiger partial charge in [0, 0.05) is 12.1 Å². The standard InChI is InChI=1S/C17H18FN3O4S2/c1-26(22,23)20-15-8-4-5-12(10-15)16-11-17(21(19-16)27(2,24)25)13-6-3-7-14(18)9-13/h3-10,17,20H,11H2,1-2H3/t17-/m1/s1. The van der Waals surface area contributed by atoms with E-state index in [4.69, 9.17) is 0 Å². The lowest BCUT2D eigenvalue weighted by Gasteiger charge is -2.21. The van der Waals surface area contributed by atoms with E-state index in [0.29, 0.717) is 22.5 Å². The molecule has 1 aliphatic heterocycles. The molecular formula is C17H18FN3O4S2. The van der Waals surface area contributed by atoms with Crippen LogP contribution in [-0.4, -0.2) is 39.5 Å². The summed E-state index contributed by atoms with van der Waals surface area (Å²) < 4.78 is 64.1. The molecule has 2 aromatic rings. The summed E-state index contributed by atoms with van der Waals surface area (Å²) in [6, 6.07) is 11.6. The van der Waals surface area contributed by atoms with Gasteiger partial charge in [0.25, 0.3) is 0 Å². The monoisotopic (exact) mass is 411 g/mol. The summed E-state index contributed by atoms with van der Waals surface area (Å²) in [5.74, 6) is -0.464. The van der Waals surface area contributed by atoms with Crippen molar-refractivity contribution < 1.29 is 21.2 Å². The molecule has 7 nitrogen and oxygen atoms in total. The zero-order chi connectivity index (χ0) is 19.8. The highest BCUT2D eigenvalue weighted by molar-refractivity contribution is 7.92. The van der Waals surface area contributed by atoms with E-state index in [0.717, 1.165) is 16.9 Å². The summed E-state index contributed by atoms with van der Waals surface area (Å²) in [6.07, 6.45) is 2.31. The second kappa shape index (κ2) is 6.93. The van der Waals surface area contributed by atoms with E-state index in [2.05, 4.69) is 9.82 Å². The van der Waals surface area contributed by atoms with Crippen LogP contribution in [-0.2, 0) is 20.0 Å². The van der Waals surface area contributed by atoms with Gasteiger partial charge in [0.05, 0.1) is 24.3 Å². The van der Waals surface area contributed by atoms with Gasteiger partial charge in [-0.15, -0.1) is 0 Å². The van der Waals surface area contributed by atoms with E-state index in [-0.39, 0.29) is 6.42 Å². The van der Waals surface area contributed by atoms with Crippen LogP contribution in [0.5, 0.6) is 0 Å². The summed E-state index contributed by atoms with van der Waals surface area (Å²) >= 11 is 0. The Morgan fingerprint density at radius 2 is 1.78 bits per heavy atom. The topological polar surface area (TPSA) is 95.9 Å². The fourth-order valence-electron chi connectivity index (χ4n) is 2.91. The number of hydrogen-bond donors (Lipinski definition) is 1. The summed E-state index contributed by atoms with van der Waals surface area (Å²) in [4.78, 5) is 0. The largest absolute Gasteiger partial charge is 0.284 e. The molecule has 0 aromatic heterocycles. The average Bonchev–Trinajstić information content (AvgIpc) is 2.99. The number of halogens is 1. The molecule has 0 spiro atoms. The fraction of sp³-hybridized carbons (Fsp3) is 0.235. The molecule has 1 aliphatic rings. The smallest absolute Gasteiger partial charge is 0.247 e. The van der Waals surface area contributed by atoms with Gasteiger partial charge >= 0.3 is 0 Å². The van der Waals surface area contributed by atoms with Crippen molar-refractivity contribution in [3.63, 3.8) is 0 Å². The molecule has 1 atom stereocenters. The van der Waals surface area contributed by atoms with Crippen LogP contribution in [0.15, 0.2) is 53.6 Å². The Morgan fingerprint density at radius 3 is 2.41 bits per heavy atom. The van der Waals surface area contributed by atoms with Crippen LogP contribution in [0.1, 0.15) is 23.6 Å². The lowest BCUT2D eigenvalue weighted by molar-refractivity contribution is 0.373. The number of rotatable bonds is 5. The molecule has 3 rings (SSSR count). The molecule has 0 saturated carbocycles. The van der Waals surface area contributed by atoms with Crippen molar-refractivity contribution in [2.24, 2.45) is 5.10 Å². The quantitative estimate of drug-likeness (QED) is 0.817. The third-order valence-corrected chi connectivity index (χ3v) is 5.57. The number of benzene rings is 2. The fourth-order valence-corrected chi connectivity index (χ4v) is 4.37. The van der Waals surface area contributed by atoms with Crippen molar-refractivity contribution in [1.29, 1.82) is 0 Å². The van der Waals surface area contributed by atoms with Crippen molar-refractivity contribution >= 4 is 31.4 Å². The molecule has 27 heavy (non-hydrogen) atoms. The minimum Gasteiger partial charge on any atom is -0.284 e. The number of hydrazone groups is 1. The maximum atomic E-state index is 13.6. The first-order valence-electron chi connectivity index (χ1n) is 7.93. The highest BCUT2D eigenvalue weighted by Gasteiger charge is 2.34. The Kier molecular flexibility index (Phi) is 4.96. The van der Waals surface area contributed by atoms with Crippen molar-refractivity contribution in [1.82, 2.24) is 4.41 Å². The van der Waals surface area contributed by atoms with Gasteiger partial charge in [0.1, 0.15) is 5.82 Å². The van der Waals surface area contributed by atoms with Gasteiger partial charge < -0.3 is 0 Å². The van der Waals surface area contributed by atoms with Gasteiger partial charge in [-0.1, -0.05) is 24.3 Å². The SMILES string of the molecule is CS(=O)(=O)Nc1cccc(C2=NN(S(C)(=O)=O)[C@@H](c3cccc(F)c3)C2)c1. The predicted molar refractivity (Wildman–Crippen MR) is 102 cm³/mol. The van der Waals surface area contributed by atoms with E-state index in [1.165, 1.54) is 18.2 Å². The zero-order valence-electron chi connectivity index (χ0n) is 14.6. The molecule has 0 bridgehead atoms. The lowest BCUT2D eigenvalue weighted by atomic mass is 9.99. The Hall–Kier alpha value is -2.46. The number of nitrogens with zero attached hydrogens (tertiary/aromatic N) is 2. The highest BCUT2D eigenvalue weighted by atomic mass is 32.2. The maximum absolute atomic E-state index is 13.6. The summed E-state index contributed by atoms with van der Waals surface area (Å²) in [5.41, 5.74) is 1.88. The van der Waals surface area contributed by atoms with Crippen LogP contribution in [0.25, 0.3) is 0 Å². The van der Waals surface area contributed by atoms with Crippen LogP contribution in [0, 0.1) is 5.82 Å². The Morgan fingerprint density at radius 1 is 1.07 bits per heavy atom. The van der Waals surface area contributed by atoms with E-state index in [1.807, 2.05) is 0 Å². The number of anilines is 1. The minimum atomic E-state index is -3.68. The molecule has 1 N–H and O–H groups in total. The Labute approximate surface area is 157 Å². The second-order valence-electron chi connectivity index (χ2n) is 6.31. The van der Waals surface area contributed by atoms with Crippen LogP contribution in [0.3, 0.4) is 0 Å². The molecule has 0 fully saturated rings. The second-order valence-corrected chi connectivity index (χ2v) is 9.90. The maximum Gasteiger partial charge on any atom is 0.247 e. The van der Waals surface area contributed by atoms with E-state index in [9.17, 15) is 21.2 Å². The summed E-state index contributed by atoms with van der Waals surface area (Å²) in [5, 5.41) is 4.22. The molecule has 0 aliphatic carbocycles. The molecular weight excluding hydrogens is 393 g/mol. The van der Waals surface area contributed by atoms with Crippen LogP contribution >= 0.6 is 0 Å². The summed E-state index contributed by atoms with van der Waals surface area (Å²) in [6.45, 7) is 0. The molecule has 0 radical (unpaired) electrons. The van der Waals surface area contributed by atoms with Crippen LogP contribution < -0.4 is 4.72 Å². The van der Waals surface area contributed by atoms with Gasteiger partial charge in [-0.05, 0) is 35.4 Å². The van der Waals surface area contributed by atoms with Crippen molar-refractivity contribution in [2.45, 2.75) is 12.5 Å². The first kappa shape index (κ1) is 19.3. The predicted octanol–water partition coefficient (Wildman–Crippen LogP) is 2.31. The normalized spacial score (nSPS) is 17.7.